The van der Waals surface area contributed by atoms with E-state index in [1.165, 1.54) is 0 Å². The number of nitrogens with zero attached hydrogens (tertiary/aromatic N) is 1. The van der Waals surface area contributed by atoms with Gasteiger partial charge in [0.15, 0.2) is 11.6 Å². The number of halogens is 1. The number of benzene rings is 2. The number of amides is 2. The number of carbonyl (C=O) groups is 2. The molecule has 0 bridgehead atoms. The van der Waals surface area contributed by atoms with E-state index in [9.17, 15) is 14.0 Å². The highest BCUT2D eigenvalue weighted by atomic mass is 19.1. The number of aromatic nitrogens is 1. The van der Waals surface area contributed by atoms with Gasteiger partial charge in [-0.25, -0.2) is 9.37 Å². The summed E-state index contributed by atoms with van der Waals surface area (Å²) in [5.74, 6) is -1.88. The summed E-state index contributed by atoms with van der Waals surface area (Å²) in [6.07, 6.45) is 0. The van der Waals surface area contributed by atoms with E-state index >= 15 is 0 Å². The van der Waals surface area contributed by atoms with Crippen LogP contribution >= 0.6 is 0 Å². The second-order valence-corrected chi connectivity index (χ2v) is 6.32. The highest BCUT2D eigenvalue weighted by Crippen LogP contribution is 2.24. The summed E-state index contributed by atoms with van der Waals surface area (Å²) < 4.78 is 14.2. The van der Waals surface area contributed by atoms with Gasteiger partial charge in [-0.2, -0.15) is 0 Å². The Balaban J connectivity index is 1.86. The van der Waals surface area contributed by atoms with E-state index in [-0.39, 0.29) is 29.7 Å². The molecule has 2 amide bonds. The minimum Gasteiger partial charge on any atom is -0.366 e. The number of nitrogens with two attached hydrogens (primary N) is 2. The van der Waals surface area contributed by atoms with Crippen LogP contribution in [0.2, 0.25) is 0 Å². The lowest BCUT2D eigenvalue weighted by atomic mass is 10.1. The van der Waals surface area contributed by atoms with Crippen LogP contribution in [0.3, 0.4) is 0 Å². The molecule has 0 unspecified atom stereocenters. The first-order valence-corrected chi connectivity index (χ1v) is 9.15. The molecule has 0 aliphatic rings. The molecule has 154 valence electrons. The number of pyridine rings is 1. The molecule has 0 fully saturated rings. The van der Waals surface area contributed by atoms with E-state index in [1.807, 2.05) is 18.2 Å². The molecule has 9 heteroatoms. The first-order chi connectivity index (χ1) is 14.5. The monoisotopic (exact) mass is 408 g/mol. The van der Waals surface area contributed by atoms with Crippen molar-refractivity contribution >= 4 is 34.8 Å². The quantitative estimate of drug-likeness (QED) is 0.389. The van der Waals surface area contributed by atoms with Crippen LogP contribution in [0, 0.1) is 5.82 Å². The summed E-state index contributed by atoms with van der Waals surface area (Å²) in [6.45, 7) is 0.578. The van der Waals surface area contributed by atoms with Crippen molar-refractivity contribution in [1.82, 2.24) is 4.98 Å². The van der Waals surface area contributed by atoms with Crippen molar-refractivity contribution in [1.29, 1.82) is 0 Å². The molecular formula is C21H21FN6O2. The van der Waals surface area contributed by atoms with Crippen molar-refractivity contribution in [3.05, 3.63) is 77.6 Å². The summed E-state index contributed by atoms with van der Waals surface area (Å²) in [5, 5.41) is 8.46. The zero-order chi connectivity index (χ0) is 21.5. The molecule has 0 aliphatic carbocycles. The average molecular weight is 408 g/mol. The lowest BCUT2D eigenvalue weighted by Crippen LogP contribution is -2.18. The Labute approximate surface area is 172 Å². The van der Waals surface area contributed by atoms with Gasteiger partial charge in [0.2, 0.25) is 0 Å². The molecular weight excluding hydrogens is 387 g/mol. The molecule has 30 heavy (non-hydrogen) atoms. The molecule has 1 heterocycles. The molecule has 3 aromatic rings. The van der Waals surface area contributed by atoms with Crippen LogP contribution in [0.25, 0.3) is 0 Å². The number of nitrogens with one attached hydrogen (secondary N) is 3. The van der Waals surface area contributed by atoms with Gasteiger partial charge in [-0.15, -0.1) is 0 Å². The first kappa shape index (κ1) is 20.7. The lowest BCUT2D eigenvalue weighted by Gasteiger charge is -2.14. The second-order valence-electron chi connectivity index (χ2n) is 6.32. The summed E-state index contributed by atoms with van der Waals surface area (Å²) in [7, 11) is 0. The van der Waals surface area contributed by atoms with E-state index in [4.69, 9.17) is 11.5 Å². The molecule has 0 saturated carbocycles. The minimum absolute atomic E-state index is 0.0593. The Morgan fingerprint density at radius 1 is 0.967 bits per heavy atom. The fraction of sp³-hybridized carbons (Fsp3) is 0.0952. The molecule has 0 radical (unpaired) electrons. The number of rotatable bonds is 8. The molecule has 2 aromatic carbocycles. The highest BCUT2D eigenvalue weighted by molar-refractivity contribution is 6.05. The fourth-order valence-electron chi connectivity index (χ4n) is 2.69. The summed E-state index contributed by atoms with van der Waals surface area (Å²) in [6, 6.07) is 16.6. The molecule has 0 atom stereocenters. The lowest BCUT2D eigenvalue weighted by molar-refractivity contribution is 0.0997. The van der Waals surface area contributed by atoms with Crippen LogP contribution < -0.4 is 27.4 Å². The van der Waals surface area contributed by atoms with Gasteiger partial charge in [0.25, 0.3) is 11.8 Å². The normalized spacial score (nSPS) is 10.3. The smallest absolute Gasteiger partial charge is 0.255 e. The van der Waals surface area contributed by atoms with Crippen molar-refractivity contribution in [2.45, 2.75) is 0 Å². The van der Waals surface area contributed by atoms with Crippen LogP contribution in [0.1, 0.15) is 20.7 Å². The van der Waals surface area contributed by atoms with Crippen LogP contribution in [-0.4, -0.2) is 29.9 Å². The number of carbonyl (C=O) groups excluding carboxylic acids is 2. The fourth-order valence-corrected chi connectivity index (χ4v) is 2.69. The van der Waals surface area contributed by atoms with Gasteiger partial charge >= 0.3 is 0 Å². The largest absolute Gasteiger partial charge is 0.366 e. The number of primary amides is 1. The second kappa shape index (κ2) is 9.48. The highest BCUT2D eigenvalue weighted by Gasteiger charge is 2.16. The molecule has 0 aliphatic heterocycles. The Morgan fingerprint density at radius 3 is 2.40 bits per heavy atom. The van der Waals surface area contributed by atoms with Crippen LogP contribution in [0.4, 0.5) is 27.4 Å². The summed E-state index contributed by atoms with van der Waals surface area (Å²) in [4.78, 5) is 28.4. The zero-order valence-corrected chi connectivity index (χ0v) is 16.0. The van der Waals surface area contributed by atoms with Gasteiger partial charge in [-0.3, -0.25) is 9.59 Å². The van der Waals surface area contributed by atoms with Gasteiger partial charge in [0.05, 0.1) is 5.56 Å². The minimum atomic E-state index is -0.841. The van der Waals surface area contributed by atoms with Crippen LogP contribution in [0.15, 0.2) is 60.7 Å². The van der Waals surface area contributed by atoms with Crippen LogP contribution in [0.5, 0.6) is 0 Å². The third-order valence-electron chi connectivity index (χ3n) is 4.10. The third-order valence-corrected chi connectivity index (χ3v) is 4.10. The van der Waals surface area contributed by atoms with Crippen molar-refractivity contribution in [2.24, 2.45) is 11.5 Å². The zero-order valence-electron chi connectivity index (χ0n) is 16.0. The average Bonchev–Trinajstić information content (AvgIpc) is 2.74. The molecule has 0 saturated heterocycles. The molecule has 8 nitrogen and oxygen atoms in total. The van der Waals surface area contributed by atoms with Gasteiger partial charge < -0.3 is 27.4 Å². The molecule has 0 spiro atoms. The Bertz CT molecular complexity index is 1060. The Morgan fingerprint density at radius 2 is 1.70 bits per heavy atom. The molecule has 7 N–H and O–H groups in total. The van der Waals surface area contributed by atoms with Crippen molar-refractivity contribution < 1.29 is 14.0 Å². The predicted octanol–water partition coefficient (Wildman–Crippen LogP) is 2.69. The first-order valence-electron chi connectivity index (χ1n) is 9.15. The molecule has 3 rings (SSSR count). The van der Waals surface area contributed by atoms with E-state index in [0.29, 0.717) is 23.5 Å². The van der Waals surface area contributed by atoms with E-state index in [2.05, 4.69) is 20.9 Å². The predicted molar refractivity (Wildman–Crippen MR) is 114 cm³/mol. The third kappa shape index (κ3) is 5.09. The van der Waals surface area contributed by atoms with E-state index < -0.39 is 11.7 Å². The maximum atomic E-state index is 14.2. The number of hydrogen-bond acceptors (Lipinski definition) is 6. The van der Waals surface area contributed by atoms with Gasteiger partial charge in [0.1, 0.15) is 5.82 Å². The van der Waals surface area contributed by atoms with Gasteiger partial charge in [0, 0.05) is 30.0 Å². The molecule has 1 aromatic heterocycles. The van der Waals surface area contributed by atoms with Crippen molar-refractivity contribution in [2.75, 3.05) is 29.0 Å². The van der Waals surface area contributed by atoms with Crippen molar-refractivity contribution in [3.63, 3.8) is 0 Å². The number of hydrogen-bond donors (Lipinski definition) is 5. The maximum absolute atomic E-state index is 14.2. The Hall–Kier alpha value is -3.98. The summed E-state index contributed by atoms with van der Waals surface area (Å²) >= 11 is 0. The van der Waals surface area contributed by atoms with Crippen molar-refractivity contribution in [3.8, 4) is 0 Å². The van der Waals surface area contributed by atoms with E-state index in [0.717, 1.165) is 6.07 Å². The topological polar surface area (TPSA) is 135 Å². The van der Waals surface area contributed by atoms with Crippen LogP contribution in [-0.2, 0) is 0 Å². The Kier molecular flexibility index (Phi) is 6.56. The maximum Gasteiger partial charge on any atom is 0.255 e. The van der Waals surface area contributed by atoms with Gasteiger partial charge in [-0.05, 0) is 36.4 Å². The standard InChI is InChI=1S/C21H21FN6O2/c22-17-12-16(18(24)29)19(28-20(17)25-10-9-23)26-15-8-4-5-13(11-15)21(30)27-14-6-2-1-3-7-14/h1-8,11-12H,9-10,23H2,(H2,24,29)(H,27,30)(H2,25,26,28). The summed E-state index contributed by atoms with van der Waals surface area (Å²) in [5.41, 5.74) is 12.2. The van der Waals surface area contributed by atoms with E-state index in [1.54, 1.807) is 36.4 Å². The van der Waals surface area contributed by atoms with Gasteiger partial charge in [-0.1, -0.05) is 24.3 Å². The SMILES string of the molecule is NCCNc1nc(Nc2cccc(C(=O)Nc3ccccc3)c2)c(C(N)=O)cc1F. The number of anilines is 4. The number of para-hydroxylation sites is 1.